The number of carbonyl (C=O) groups is 1. The topological polar surface area (TPSA) is 17.1 Å². The normalized spacial score (nSPS) is 11.3. The Hall–Kier alpha value is -2.64. The van der Waals surface area contributed by atoms with Crippen LogP contribution in [0.3, 0.4) is 0 Å². The minimum atomic E-state index is -0.00299. The fourth-order valence-electron chi connectivity index (χ4n) is 2.41. The van der Waals surface area contributed by atoms with E-state index < -0.39 is 0 Å². The van der Waals surface area contributed by atoms with E-state index in [1.807, 2.05) is 91.0 Å². The molecule has 3 rings (SSSR count). The van der Waals surface area contributed by atoms with E-state index in [0.717, 1.165) is 11.1 Å². The number of hydrogen-bond acceptors (Lipinski definition) is 1. The van der Waals surface area contributed by atoms with E-state index in [4.69, 9.17) is 11.6 Å². The van der Waals surface area contributed by atoms with Gasteiger partial charge in [0.25, 0.3) is 0 Å². The zero-order valence-corrected chi connectivity index (χ0v) is 13.2. The molecule has 0 aliphatic rings. The molecule has 3 aromatic rings. The van der Waals surface area contributed by atoms with E-state index in [1.165, 1.54) is 0 Å². The maximum Gasteiger partial charge on any atom is 0.193 e. The number of allylic oxidation sites excluding steroid dienone is 1. The molecule has 112 valence electrons. The second kappa shape index (κ2) is 7.08. The average molecular weight is 319 g/mol. The Kier molecular flexibility index (Phi) is 4.70. The van der Waals surface area contributed by atoms with Crippen molar-refractivity contribution in [2.24, 2.45) is 0 Å². The van der Waals surface area contributed by atoms with Gasteiger partial charge in [0.2, 0.25) is 0 Å². The van der Waals surface area contributed by atoms with Gasteiger partial charge in [0.05, 0.1) is 0 Å². The van der Waals surface area contributed by atoms with Gasteiger partial charge in [-0.05, 0) is 29.3 Å². The summed E-state index contributed by atoms with van der Waals surface area (Å²) in [6.07, 6.45) is 1.89. The summed E-state index contributed by atoms with van der Waals surface area (Å²) >= 11 is 6.06. The Labute approximate surface area is 140 Å². The molecule has 1 nitrogen and oxygen atoms in total. The molecular weight excluding hydrogens is 304 g/mol. The smallest absolute Gasteiger partial charge is 0.193 e. The molecule has 0 aromatic heterocycles. The predicted octanol–water partition coefficient (Wildman–Crippen LogP) is 5.76. The van der Waals surface area contributed by atoms with Crippen molar-refractivity contribution in [1.29, 1.82) is 0 Å². The minimum Gasteiger partial charge on any atom is -0.289 e. The first kappa shape index (κ1) is 15.3. The number of rotatable bonds is 4. The van der Waals surface area contributed by atoms with Crippen molar-refractivity contribution in [2.75, 3.05) is 0 Å². The Morgan fingerprint density at radius 1 is 0.739 bits per heavy atom. The Bertz CT molecular complexity index is 836. The lowest BCUT2D eigenvalue weighted by atomic mass is 9.95. The fraction of sp³-hybridized carbons (Fsp3) is 0. The molecule has 0 spiro atoms. The summed E-state index contributed by atoms with van der Waals surface area (Å²) in [5.41, 5.74) is 3.12. The molecule has 2 heteroatoms. The van der Waals surface area contributed by atoms with E-state index >= 15 is 0 Å². The number of benzene rings is 3. The van der Waals surface area contributed by atoms with E-state index in [0.29, 0.717) is 16.2 Å². The lowest BCUT2D eigenvalue weighted by molar-refractivity contribution is 0.105. The molecule has 3 aromatic carbocycles. The van der Waals surface area contributed by atoms with Gasteiger partial charge in [-0.2, -0.15) is 0 Å². The molecule has 0 radical (unpaired) electrons. The molecule has 0 bridgehead atoms. The zero-order valence-electron chi connectivity index (χ0n) is 12.4. The van der Waals surface area contributed by atoms with Crippen LogP contribution in [0.15, 0.2) is 84.9 Å². The molecule has 0 aliphatic carbocycles. The monoisotopic (exact) mass is 318 g/mol. The summed E-state index contributed by atoms with van der Waals surface area (Å²) in [5, 5.41) is 0.651. The molecule has 0 amide bonds. The van der Waals surface area contributed by atoms with Crippen molar-refractivity contribution in [3.63, 3.8) is 0 Å². The van der Waals surface area contributed by atoms with Crippen LogP contribution in [-0.4, -0.2) is 5.78 Å². The zero-order chi connectivity index (χ0) is 16.1. The van der Waals surface area contributed by atoms with Crippen LogP contribution in [-0.2, 0) is 0 Å². The lowest BCUT2D eigenvalue weighted by Crippen LogP contribution is -2.02. The molecule has 0 atom stereocenters. The first-order chi connectivity index (χ1) is 11.2. The largest absolute Gasteiger partial charge is 0.289 e. The molecule has 0 N–H and O–H groups in total. The Morgan fingerprint density at radius 2 is 1.35 bits per heavy atom. The molecule has 0 fully saturated rings. The molecule has 0 heterocycles. The molecule has 23 heavy (non-hydrogen) atoms. The van der Waals surface area contributed by atoms with Gasteiger partial charge in [0.1, 0.15) is 0 Å². The number of halogens is 1. The second-order valence-corrected chi connectivity index (χ2v) is 5.61. The van der Waals surface area contributed by atoms with Crippen molar-refractivity contribution in [2.45, 2.75) is 0 Å². The van der Waals surface area contributed by atoms with E-state index in [2.05, 4.69) is 0 Å². The third kappa shape index (κ3) is 3.77. The van der Waals surface area contributed by atoms with Gasteiger partial charge in [-0.1, -0.05) is 84.4 Å². The van der Waals surface area contributed by atoms with Crippen LogP contribution < -0.4 is 0 Å². The molecule has 0 saturated heterocycles. The van der Waals surface area contributed by atoms with Gasteiger partial charge in [0.15, 0.2) is 5.78 Å². The van der Waals surface area contributed by atoms with E-state index in [-0.39, 0.29) is 5.78 Å². The molecule has 0 unspecified atom stereocenters. The van der Waals surface area contributed by atoms with Gasteiger partial charge in [0, 0.05) is 16.2 Å². The summed E-state index contributed by atoms with van der Waals surface area (Å²) in [6.45, 7) is 0. The third-order valence-electron chi connectivity index (χ3n) is 3.53. The highest BCUT2D eigenvalue weighted by atomic mass is 35.5. The fourth-order valence-corrected chi connectivity index (χ4v) is 2.60. The minimum absolute atomic E-state index is 0.00299. The van der Waals surface area contributed by atoms with Crippen LogP contribution >= 0.6 is 11.6 Å². The lowest BCUT2D eigenvalue weighted by Gasteiger charge is -2.08. The summed E-state index contributed by atoms with van der Waals surface area (Å²) in [5.74, 6) is -0.00299. The maximum atomic E-state index is 12.9. The van der Waals surface area contributed by atoms with Crippen molar-refractivity contribution in [1.82, 2.24) is 0 Å². The van der Waals surface area contributed by atoms with Crippen LogP contribution in [0.2, 0.25) is 5.02 Å². The third-order valence-corrected chi connectivity index (χ3v) is 3.76. The quantitative estimate of drug-likeness (QED) is 0.339. The van der Waals surface area contributed by atoms with Crippen molar-refractivity contribution in [3.05, 3.63) is 107 Å². The van der Waals surface area contributed by atoms with Crippen LogP contribution in [0.25, 0.3) is 11.6 Å². The van der Waals surface area contributed by atoms with Crippen molar-refractivity contribution >= 4 is 29.0 Å². The first-order valence-corrected chi connectivity index (χ1v) is 7.74. The number of ketones is 1. The summed E-state index contributed by atoms with van der Waals surface area (Å²) in [7, 11) is 0. The highest BCUT2D eigenvalue weighted by Crippen LogP contribution is 2.24. The summed E-state index contributed by atoms with van der Waals surface area (Å²) < 4.78 is 0. The number of hydrogen-bond donors (Lipinski definition) is 0. The summed E-state index contributed by atoms with van der Waals surface area (Å²) in [4.78, 5) is 12.9. The van der Waals surface area contributed by atoms with E-state index in [1.54, 1.807) is 0 Å². The first-order valence-electron chi connectivity index (χ1n) is 7.36. The van der Waals surface area contributed by atoms with Gasteiger partial charge in [-0.15, -0.1) is 0 Å². The SMILES string of the molecule is O=C(/C(=C/c1cccc(Cl)c1)c1ccccc1)c1ccccc1. The van der Waals surface area contributed by atoms with Crippen LogP contribution in [0.5, 0.6) is 0 Å². The predicted molar refractivity (Wildman–Crippen MR) is 96.5 cm³/mol. The van der Waals surface area contributed by atoms with E-state index in [9.17, 15) is 4.79 Å². The van der Waals surface area contributed by atoms with Gasteiger partial charge in [-0.3, -0.25) is 4.79 Å². The standard InChI is InChI=1S/C21H15ClO/c22-19-13-7-8-16(14-19)15-20(17-9-3-1-4-10-17)21(23)18-11-5-2-6-12-18/h1-15H/b20-15+. The van der Waals surface area contributed by atoms with Crippen molar-refractivity contribution in [3.8, 4) is 0 Å². The van der Waals surface area contributed by atoms with Gasteiger partial charge in [-0.25, -0.2) is 0 Å². The average Bonchev–Trinajstić information content (AvgIpc) is 2.61. The highest BCUT2D eigenvalue weighted by Gasteiger charge is 2.14. The van der Waals surface area contributed by atoms with Crippen molar-refractivity contribution < 1.29 is 4.79 Å². The Balaban J connectivity index is 2.10. The second-order valence-electron chi connectivity index (χ2n) is 5.17. The van der Waals surface area contributed by atoms with Crippen LogP contribution in [0.1, 0.15) is 21.5 Å². The van der Waals surface area contributed by atoms with Gasteiger partial charge >= 0.3 is 0 Å². The Morgan fingerprint density at radius 3 is 1.96 bits per heavy atom. The molecule has 0 aliphatic heterocycles. The maximum absolute atomic E-state index is 12.9. The highest BCUT2D eigenvalue weighted by molar-refractivity contribution is 6.33. The van der Waals surface area contributed by atoms with Crippen LogP contribution in [0, 0.1) is 0 Å². The summed E-state index contributed by atoms with van der Waals surface area (Å²) in [6, 6.07) is 26.5. The van der Waals surface area contributed by atoms with Gasteiger partial charge < -0.3 is 0 Å². The molecular formula is C21H15ClO. The number of Topliss-reactive ketones (excluding diaryl/α,β-unsaturated/α-hetero) is 1. The van der Waals surface area contributed by atoms with Crippen LogP contribution in [0.4, 0.5) is 0 Å². The molecule has 0 saturated carbocycles. The number of carbonyl (C=O) groups excluding carboxylic acids is 1.